The van der Waals surface area contributed by atoms with E-state index in [2.05, 4.69) is 10.3 Å². The molecule has 1 heterocycles. The summed E-state index contributed by atoms with van der Waals surface area (Å²) in [7, 11) is 0. The van der Waals surface area contributed by atoms with E-state index >= 15 is 0 Å². The molecule has 0 aliphatic heterocycles. The standard InChI is InChI=1S/C14H15FN2/c1-10-9-12(15)6-7-13(10)17-11(2)14-5-3-4-8-16-14/h3-9,11,17H,1-2H3. The van der Waals surface area contributed by atoms with E-state index in [1.54, 1.807) is 12.3 Å². The van der Waals surface area contributed by atoms with Gasteiger partial charge in [0.1, 0.15) is 5.82 Å². The molecule has 2 rings (SSSR count). The SMILES string of the molecule is Cc1cc(F)ccc1NC(C)c1ccccn1. The fourth-order valence-corrected chi connectivity index (χ4v) is 1.73. The first-order chi connectivity index (χ1) is 8.16. The predicted molar refractivity (Wildman–Crippen MR) is 67.4 cm³/mol. The molecule has 2 aromatic rings. The molecule has 0 spiro atoms. The van der Waals surface area contributed by atoms with Crippen LogP contribution in [0.1, 0.15) is 24.2 Å². The zero-order valence-corrected chi connectivity index (χ0v) is 9.94. The highest BCUT2D eigenvalue weighted by Gasteiger charge is 2.07. The Labute approximate surface area is 101 Å². The van der Waals surface area contributed by atoms with E-state index in [1.807, 2.05) is 32.0 Å². The minimum Gasteiger partial charge on any atom is -0.377 e. The van der Waals surface area contributed by atoms with Crippen LogP contribution in [0.25, 0.3) is 0 Å². The maximum absolute atomic E-state index is 13.0. The van der Waals surface area contributed by atoms with E-state index < -0.39 is 0 Å². The van der Waals surface area contributed by atoms with Crippen molar-refractivity contribution in [2.24, 2.45) is 0 Å². The average molecular weight is 230 g/mol. The fourth-order valence-electron chi connectivity index (χ4n) is 1.73. The highest BCUT2D eigenvalue weighted by Crippen LogP contribution is 2.21. The molecule has 0 fully saturated rings. The molecule has 0 saturated heterocycles. The molecule has 2 nitrogen and oxygen atoms in total. The molecule has 0 bridgehead atoms. The second-order valence-corrected chi connectivity index (χ2v) is 4.08. The monoisotopic (exact) mass is 230 g/mol. The molecule has 1 aromatic heterocycles. The van der Waals surface area contributed by atoms with E-state index in [4.69, 9.17) is 0 Å². The van der Waals surface area contributed by atoms with Gasteiger partial charge in [-0.2, -0.15) is 0 Å². The Balaban J connectivity index is 2.16. The summed E-state index contributed by atoms with van der Waals surface area (Å²) >= 11 is 0. The summed E-state index contributed by atoms with van der Waals surface area (Å²) in [6.07, 6.45) is 1.77. The van der Waals surface area contributed by atoms with Gasteiger partial charge in [-0.15, -0.1) is 0 Å². The number of nitrogens with one attached hydrogen (secondary N) is 1. The molecule has 0 aliphatic carbocycles. The maximum Gasteiger partial charge on any atom is 0.123 e. The molecule has 0 radical (unpaired) electrons. The largest absolute Gasteiger partial charge is 0.377 e. The van der Waals surface area contributed by atoms with Crippen molar-refractivity contribution in [2.45, 2.75) is 19.9 Å². The Morgan fingerprint density at radius 2 is 2.06 bits per heavy atom. The minimum atomic E-state index is -0.210. The first kappa shape index (κ1) is 11.6. The Bertz CT molecular complexity index is 497. The molecule has 0 saturated carbocycles. The molecule has 1 atom stereocenters. The van der Waals surface area contributed by atoms with Gasteiger partial charge in [-0.3, -0.25) is 4.98 Å². The molecule has 0 amide bonds. The van der Waals surface area contributed by atoms with Gasteiger partial charge in [0.15, 0.2) is 0 Å². The maximum atomic E-state index is 13.0. The van der Waals surface area contributed by atoms with Crippen LogP contribution in [0.5, 0.6) is 0 Å². The van der Waals surface area contributed by atoms with E-state index in [-0.39, 0.29) is 11.9 Å². The normalized spacial score (nSPS) is 12.2. The van der Waals surface area contributed by atoms with Crippen LogP contribution in [0.4, 0.5) is 10.1 Å². The zero-order chi connectivity index (χ0) is 12.3. The molecule has 1 N–H and O–H groups in total. The number of aryl methyl sites for hydroxylation is 1. The van der Waals surface area contributed by atoms with Crippen molar-refractivity contribution in [3.8, 4) is 0 Å². The zero-order valence-electron chi connectivity index (χ0n) is 9.94. The molecule has 1 aromatic carbocycles. The van der Waals surface area contributed by atoms with E-state index in [9.17, 15) is 4.39 Å². The summed E-state index contributed by atoms with van der Waals surface area (Å²) in [5.41, 5.74) is 2.80. The highest BCUT2D eigenvalue weighted by atomic mass is 19.1. The van der Waals surface area contributed by atoms with Crippen molar-refractivity contribution in [3.05, 3.63) is 59.7 Å². The summed E-state index contributed by atoms with van der Waals surface area (Å²) in [6.45, 7) is 3.92. The number of halogens is 1. The van der Waals surface area contributed by atoms with Crippen molar-refractivity contribution in [2.75, 3.05) is 5.32 Å². The Morgan fingerprint density at radius 1 is 1.24 bits per heavy atom. The Morgan fingerprint density at radius 3 is 2.71 bits per heavy atom. The van der Waals surface area contributed by atoms with E-state index in [1.165, 1.54) is 12.1 Å². The number of anilines is 1. The lowest BCUT2D eigenvalue weighted by molar-refractivity contribution is 0.626. The van der Waals surface area contributed by atoms with Gasteiger partial charge in [-0.05, 0) is 49.7 Å². The topological polar surface area (TPSA) is 24.9 Å². The number of nitrogens with zero attached hydrogens (tertiary/aromatic N) is 1. The molecule has 3 heteroatoms. The molecule has 1 unspecified atom stereocenters. The van der Waals surface area contributed by atoms with Crippen LogP contribution >= 0.6 is 0 Å². The number of hydrogen-bond acceptors (Lipinski definition) is 2. The first-order valence-corrected chi connectivity index (χ1v) is 5.60. The smallest absolute Gasteiger partial charge is 0.123 e. The fraction of sp³-hybridized carbons (Fsp3) is 0.214. The third kappa shape index (κ3) is 2.81. The van der Waals surface area contributed by atoms with Crippen LogP contribution in [0, 0.1) is 12.7 Å². The van der Waals surface area contributed by atoms with Crippen LogP contribution in [-0.2, 0) is 0 Å². The highest BCUT2D eigenvalue weighted by molar-refractivity contribution is 5.51. The van der Waals surface area contributed by atoms with Crippen LogP contribution in [0.2, 0.25) is 0 Å². The Hall–Kier alpha value is -1.90. The van der Waals surface area contributed by atoms with Crippen molar-refractivity contribution >= 4 is 5.69 Å². The van der Waals surface area contributed by atoms with Crippen LogP contribution in [0.3, 0.4) is 0 Å². The summed E-state index contributed by atoms with van der Waals surface area (Å²) in [5.74, 6) is -0.210. The Kier molecular flexibility index (Phi) is 3.38. The summed E-state index contributed by atoms with van der Waals surface area (Å²) < 4.78 is 13.0. The average Bonchev–Trinajstić information content (AvgIpc) is 2.34. The summed E-state index contributed by atoms with van der Waals surface area (Å²) in [4.78, 5) is 4.29. The number of rotatable bonds is 3. The van der Waals surface area contributed by atoms with Gasteiger partial charge in [0.2, 0.25) is 0 Å². The number of hydrogen-bond donors (Lipinski definition) is 1. The number of aromatic nitrogens is 1. The van der Waals surface area contributed by atoms with Crippen molar-refractivity contribution in [1.82, 2.24) is 4.98 Å². The molecule has 0 aliphatic rings. The van der Waals surface area contributed by atoms with E-state index in [0.29, 0.717) is 0 Å². The predicted octanol–water partition coefficient (Wildman–Crippen LogP) is 3.70. The first-order valence-electron chi connectivity index (χ1n) is 5.60. The van der Waals surface area contributed by atoms with Crippen LogP contribution < -0.4 is 5.32 Å². The third-order valence-electron chi connectivity index (χ3n) is 2.69. The van der Waals surface area contributed by atoms with Gasteiger partial charge in [-0.25, -0.2) is 4.39 Å². The second-order valence-electron chi connectivity index (χ2n) is 4.08. The lowest BCUT2D eigenvalue weighted by Gasteiger charge is -2.16. The second kappa shape index (κ2) is 4.95. The van der Waals surface area contributed by atoms with Crippen molar-refractivity contribution in [3.63, 3.8) is 0 Å². The van der Waals surface area contributed by atoms with Gasteiger partial charge in [-0.1, -0.05) is 6.07 Å². The van der Waals surface area contributed by atoms with Gasteiger partial charge >= 0.3 is 0 Å². The molecule has 88 valence electrons. The van der Waals surface area contributed by atoms with E-state index in [0.717, 1.165) is 16.9 Å². The molecular weight excluding hydrogens is 215 g/mol. The quantitative estimate of drug-likeness (QED) is 0.869. The number of benzene rings is 1. The van der Waals surface area contributed by atoms with Gasteiger partial charge in [0, 0.05) is 11.9 Å². The van der Waals surface area contributed by atoms with Gasteiger partial charge < -0.3 is 5.32 Å². The molecular formula is C14H15FN2. The molecule has 17 heavy (non-hydrogen) atoms. The van der Waals surface area contributed by atoms with Gasteiger partial charge in [0.05, 0.1) is 11.7 Å². The lowest BCUT2D eigenvalue weighted by atomic mass is 10.1. The van der Waals surface area contributed by atoms with Crippen LogP contribution in [-0.4, -0.2) is 4.98 Å². The summed E-state index contributed by atoms with van der Waals surface area (Å²) in [5, 5.41) is 3.32. The minimum absolute atomic E-state index is 0.0976. The van der Waals surface area contributed by atoms with Crippen molar-refractivity contribution in [1.29, 1.82) is 0 Å². The number of pyridine rings is 1. The van der Waals surface area contributed by atoms with Crippen LogP contribution in [0.15, 0.2) is 42.6 Å². The third-order valence-corrected chi connectivity index (χ3v) is 2.69. The van der Waals surface area contributed by atoms with Gasteiger partial charge in [0.25, 0.3) is 0 Å². The van der Waals surface area contributed by atoms with Crippen molar-refractivity contribution < 1.29 is 4.39 Å². The summed E-state index contributed by atoms with van der Waals surface area (Å²) in [6, 6.07) is 10.6. The lowest BCUT2D eigenvalue weighted by Crippen LogP contribution is -2.09.